The topological polar surface area (TPSA) is 88.9 Å². The molecule has 0 bridgehead atoms. The molecule has 3 aromatic rings. The number of hydrogen-bond acceptors (Lipinski definition) is 5. The number of hydrogen-bond donors (Lipinski definition) is 2. The SMILES string of the molecule is CC1=C(C(=O)NCc2cn(-c3ccc(Cl)cc3)nn2)C(c2ccccc2)C2=C(CC(C)(C)CC2=O)N1. The Balaban J connectivity index is 1.41. The molecule has 1 atom stereocenters. The number of carbonyl (C=O) groups excluding carboxylic acids is 2. The van der Waals surface area contributed by atoms with E-state index in [4.69, 9.17) is 11.6 Å². The predicted octanol–water partition coefficient (Wildman–Crippen LogP) is 4.84. The number of dihydropyridines is 1. The van der Waals surface area contributed by atoms with Crippen molar-refractivity contribution in [2.75, 3.05) is 0 Å². The highest BCUT2D eigenvalue weighted by Crippen LogP contribution is 2.46. The molecule has 0 radical (unpaired) electrons. The average Bonchev–Trinajstić information content (AvgIpc) is 3.31. The number of carbonyl (C=O) groups is 2. The summed E-state index contributed by atoms with van der Waals surface area (Å²) in [7, 11) is 0. The second-order valence-electron chi connectivity index (χ2n) is 10.2. The van der Waals surface area contributed by atoms with Gasteiger partial charge in [-0.3, -0.25) is 9.59 Å². The Hall–Kier alpha value is -3.71. The van der Waals surface area contributed by atoms with Crippen LogP contribution in [0.3, 0.4) is 0 Å². The van der Waals surface area contributed by atoms with Crippen molar-refractivity contribution >= 4 is 23.3 Å². The normalized spacial score (nSPS) is 19.1. The smallest absolute Gasteiger partial charge is 0.250 e. The fourth-order valence-electron chi connectivity index (χ4n) is 5.08. The molecule has 2 N–H and O–H groups in total. The van der Waals surface area contributed by atoms with E-state index in [0.717, 1.165) is 29.1 Å². The number of ketones is 1. The minimum atomic E-state index is -0.421. The van der Waals surface area contributed by atoms with Gasteiger partial charge in [0.05, 0.1) is 18.4 Å². The maximum Gasteiger partial charge on any atom is 0.250 e. The number of aromatic nitrogens is 3. The van der Waals surface area contributed by atoms with Crippen molar-refractivity contribution in [1.29, 1.82) is 0 Å². The van der Waals surface area contributed by atoms with Crippen LogP contribution >= 0.6 is 11.6 Å². The summed E-state index contributed by atoms with van der Waals surface area (Å²) < 4.78 is 1.64. The van der Waals surface area contributed by atoms with Crippen LogP contribution in [-0.2, 0) is 16.1 Å². The maximum absolute atomic E-state index is 13.6. The zero-order valence-electron chi connectivity index (χ0n) is 20.5. The number of benzene rings is 2. The number of nitrogens with one attached hydrogen (secondary N) is 2. The van der Waals surface area contributed by atoms with Crippen LogP contribution < -0.4 is 10.6 Å². The van der Waals surface area contributed by atoms with E-state index in [0.29, 0.717) is 28.3 Å². The first-order valence-corrected chi connectivity index (χ1v) is 12.3. The first-order chi connectivity index (χ1) is 17.2. The van der Waals surface area contributed by atoms with Gasteiger partial charge in [0.2, 0.25) is 5.91 Å². The third-order valence-electron chi connectivity index (χ3n) is 6.68. The summed E-state index contributed by atoms with van der Waals surface area (Å²) in [5, 5.41) is 15.4. The molecule has 1 aliphatic carbocycles. The maximum atomic E-state index is 13.6. The lowest BCUT2D eigenvalue weighted by Crippen LogP contribution is -2.40. The van der Waals surface area contributed by atoms with E-state index in [9.17, 15) is 9.59 Å². The molecule has 0 saturated heterocycles. The fourth-order valence-corrected chi connectivity index (χ4v) is 5.21. The zero-order valence-corrected chi connectivity index (χ0v) is 21.3. The van der Waals surface area contributed by atoms with Gasteiger partial charge in [0, 0.05) is 39.9 Å². The van der Waals surface area contributed by atoms with E-state index in [1.54, 1.807) is 23.0 Å². The molecule has 0 spiro atoms. The van der Waals surface area contributed by atoms with Crippen LogP contribution in [0.15, 0.2) is 83.3 Å². The van der Waals surface area contributed by atoms with E-state index < -0.39 is 5.92 Å². The van der Waals surface area contributed by atoms with Crippen LogP contribution in [0.4, 0.5) is 0 Å². The molecule has 7 nitrogen and oxygen atoms in total. The molecular weight excluding hydrogens is 474 g/mol. The Morgan fingerprint density at radius 2 is 1.86 bits per heavy atom. The molecule has 36 heavy (non-hydrogen) atoms. The van der Waals surface area contributed by atoms with Crippen LogP contribution in [0.5, 0.6) is 0 Å². The van der Waals surface area contributed by atoms with Gasteiger partial charge in [-0.25, -0.2) is 4.68 Å². The second-order valence-corrected chi connectivity index (χ2v) is 10.6. The zero-order chi connectivity index (χ0) is 25.4. The van der Waals surface area contributed by atoms with Crippen LogP contribution in [0.1, 0.15) is 50.8 Å². The highest BCUT2D eigenvalue weighted by atomic mass is 35.5. The van der Waals surface area contributed by atoms with Crippen molar-refractivity contribution < 1.29 is 9.59 Å². The Morgan fingerprint density at radius 1 is 1.14 bits per heavy atom. The van der Waals surface area contributed by atoms with Crippen LogP contribution in [0.2, 0.25) is 5.02 Å². The molecule has 8 heteroatoms. The standard InChI is InChI=1S/C28H28ClN5O2/c1-17-24(27(36)30-15-20-16-34(33-32-20)21-11-9-19(29)10-12-21)25(18-7-5-4-6-8-18)26-22(31-17)13-28(2,3)14-23(26)35/h4-12,16,25,31H,13-15H2,1-3H3,(H,30,36). The molecule has 2 heterocycles. The summed E-state index contributed by atoms with van der Waals surface area (Å²) in [6.45, 7) is 6.31. The summed E-state index contributed by atoms with van der Waals surface area (Å²) in [5.41, 5.74) is 5.18. The molecule has 184 valence electrons. The van der Waals surface area contributed by atoms with Crippen molar-refractivity contribution in [3.05, 3.63) is 99.6 Å². The Bertz CT molecular complexity index is 1390. The number of amides is 1. The van der Waals surface area contributed by atoms with Crippen LogP contribution in [-0.4, -0.2) is 26.7 Å². The molecule has 1 aliphatic heterocycles. The Kier molecular flexibility index (Phi) is 6.26. The van der Waals surface area contributed by atoms with Crippen molar-refractivity contribution in [2.24, 2.45) is 5.41 Å². The fraction of sp³-hybridized carbons (Fsp3) is 0.286. The van der Waals surface area contributed by atoms with Gasteiger partial charge in [0.15, 0.2) is 5.78 Å². The van der Waals surface area contributed by atoms with E-state index in [-0.39, 0.29) is 23.7 Å². The Labute approximate surface area is 215 Å². The summed E-state index contributed by atoms with van der Waals surface area (Å²) in [5.74, 6) is -0.568. The lowest BCUT2D eigenvalue weighted by atomic mass is 9.68. The average molecular weight is 502 g/mol. The Morgan fingerprint density at radius 3 is 2.58 bits per heavy atom. The molecule has 1 aromatic heterocycles. The number of nitrogens with zero attached hydrogens (tertiary/aromatic N) is 3. The molecular formula is C28H28ClN5O2. The van der Waals surface area contributed by atoms with Gasteiger partial charge < -0.3 is 10.6 Å². The third-order valence-corrected chi connectivity index (χ3v) is 6.93. The van der Waals surface area contributed by atoms with Gasteiger partial charge in [-0.2, -0.15) is 0 Å². The van der Waals surface area contributed by atoms with Crippen molar-refractivity contribution in [3.8, 4) is 5.69 Å². The van der Waals surface area contributed by atoms with Crippen molar-refractivity contribution in [3.63, 3.8) is 0 Å². The van der Waals surface area contributed by atoms with Crippen LogP contribution in [0, 0.1) is 5.41 Å². The monoisotopic (exact) mass is 501 g/mol. The first-order valence-electron chi connectivity index (χ1n) is 12.0. The van der Waals surface area contributed by atoms with E-state index >= 15 is 0 Å². The van der Waals surface area contributed by atoms with E-state index in [1.807, 2.05) is 49.4 Å². The molecule has 2 aromatic carbocycles. The van der Waals surface area contributed by atoms with Crippen LogP contribution in [0.25, 0.3) is 5.69 Å². The van der Waals surface area contributed by atoms with E-state index in [1.165, 1.54) is 0 Å². The van der Waals surface area contributed by atoms with Gasteiger partial charge in [-0.1, -0.05) is 61.0 Å². The molecule has 5 rings (SSSR count). The predicted molar refractivity (Wildman–Crippen MR) is 138 cm³/mol. The quantitative estimate of drug-likeness (QED) is 0.522. The second kappa shape index (κ2) is 9.39. The first kappa shape index (κ1) is 24.0. The molecule has 1 unspecified atom stereocenters. The largest absolute Gasteiger partial charge is 0.362 e. The number of halogens is 1. The highest BCUT2D eigenvalue weighted by Gasteiger charge is 2.42. The van der Waals surface area contributed by atoms with Gasteiger partial charge >= 0.3 is 0 Å². The number of allylic oxidation sites excluding steroid dienone is 3. The minimum Gasteiger partial charge on any atom is -0.362 e. The highest BCUT2D eigenvalue weighted by molar-refractivity contribution is 6.30. The minimum absolute atomic E-state index is 0.0892. The lowest BCUT2D eigenvalue weighted by molar-refractivity contribution is -0.118. The van der Waals surface area contributed by atoms with Crippen molar-refractivity contribution in [1.82, 2.24) is 25.6 Å². The molecule has 0 saturated carbocycles. The number of Topliss-reactive ketones (excluding diaryl/α,β-unsaturated/α-hetero) is 1. The number of rotatable bonds is 5. The van der Waals surface area contributed by atoms with E-state index in [2.05, 4.69) is 34.8 Å². The summed E-state index contributed by atoms with van der Waals surface area (Å²) in [4.78, 5) is 26.9. The molecule has 1 amide bonds. The summed E-state index contributed by atoms with van der Waals surface area (Å²) >= 11 is 5.97. The molecule has 0 fully saturated rings. The van der Waals surface area contributed by atoms with Gasteiger partial charge in [0.25, 0.3) is 0 Å². The summed E-state index contributed by atoms with van der Waals surface area (Å²) in [6.07, 6.45) is 2.99. The van der Waals surface area contributed by atoms with Gasteiger partial charge in [0.1, 0.15) is 5.69 Å². The lowest BCUT2D eigenvalue weighted by Gasteiger charge is -2.39. The van der Waals surface area contributed by atoms with Gasteiger partial charge in [-0.05, 0) is 48.6 Å². The van der Waals surface area contributed by atoms with Gasteiger partial charge in [-0.15, -0.1) is 5.10 Å². The third kappa shape index (κ3) is 4.71. The molecule has 2 aliphatic rings. The summed E-state index contributed by atoms with van der Waals surface area (Å²) in [6, 6.07) is 17.0. The van der Waals surface area contributed by atoms with Crippen molar-refractivity contribution in [2.45, 2.75) is 46.1 Å².